The molecule has 2 N–H and O–H groups in total. The molecule has 29 heavy (non-hydrogen) atoms. The van der Waals surface area contributed by atoms with Gasteiger partial charge in [-0.1, -0.05) is 23.7 Å². The highest BCUT2D eigenvalue weighted by molar-refractivity contribution is 7.10. The number of hydrogen-bond acceptors (Lipinski definition) is 7. The van der Waals surface area contributed by atoms with Crippen LogP contribution in [0, 0.1) is 0 Å². The van der Waals surface area contributed by atoms with Gasteiger partial charge >= 0.3 is 6.09 Å². The summed E-state index contributed by atoms with van der Waals surface area (Å²) in [5.74, 6) is 0.570. The number of ether oxygens (including phenoxy) is 1. The van der Waals surface area contributed by atoms with Gasteiger partial charge in [0.25, 0.3) is 0 Å². The molecule has 1 fully saturated rings. The van der Waals surface area contributed by atoms with Crippen LogP contribution in [0.5, 0.6) is 0 Å². The quantitative estimate of drug-likeness (QED) is 0.485. The van der Waals surface area contributed by atoms with Crippen LogP contribution in [0.1, 0.15) is 6.92 Å². The molecule has 1 atom stereocenters. The lowest BCUT2D eigenvalue weighted by Crippen LogP contribution is -2.23. The van der Waals surface area contributed by atoms with Gasteiger partial charge in [-0.25, -0.2) is 4.79 Å². The molecule has 1 aliphatic rings. The SMILES string of the molecule is C[C@@H]1CN(c2cccc(-c3nsc(Nc4ccc5[nH]ncc5c4Cl)n3)c2)C(=O)O1. The van der Waals surface area contributed by atoms with Crippen molar-refractivity contribution in [2.24, 2.45) is 0 Å². The number of amides is 1. The highest BCUT2D eigenvalue weighted by Crippen LogP contribution is 2.33. The number of carbonyl (C=O) groups excluding carboxylic acids is 1. The predicted octanol–water partition coefficient (Wildman–Crippen LogP) is 4.82. The number of cyclic esters (lactones) is 1. The first-order valence-electron chi connectivity index (χ1n) is 8.89. The van der Waals surface area contributed by atoms with Crippen molar-refractivity contribution in [1.82, 2.24) is 19.6 Å². The fourth-order valence-electron chi connectivity index (χ4n) is 3.21. The van der Waals surface area contributed by atoms with Crippen molar-refractivity contribution >= 4 is 56.6 Å². The van der Waals surface area contributed by atoms with Gasteiger partial charge in [-0.2, -0.15) is 14.5 Å². The highest BCUT2D eigenvalue weighted by atomic mass is 35.5. The first kappa shape index (κ1) is 17.9. The standard InChI is InChI=1S/C19H15ClN6O2S/c1-10-9-26(19(27)28-10)12-4-2-3-11(7-12)17-23-18(29-25-17)22-15-6-5-14-13(16(15)20)8-21-24-14/h2-8,10H,9H2,1H3,(H,21,24)(H,22,23,25)/t10-/m1/s1. The van der Waals surface area contributed by atoms with E-state index in [2.05, 4.69) is 24.9 Å². The molecule has 0 aliphatic carbocycles. The molecular formula is C19H15ClN6O2S. The molecule has 5 rings (SSSR count). The molecule has 10 heteroatoms. The van der Waals surface area contributed by atoms with Crippen LogP contribution in [0.15, 0.2) is 42.6 Å². The predicted molar refractivity (Wildman–Crippen MR) is 113 cm³/mol. The average molecular weight is 427 g/mol. The second-order valence-electron chi connectivity index (χ2n) is 6.66. The molecule has 2 aromatic carbocycles. The zero-order valence-corrected chi connectivity index (χ0v) is 16.8. The van der Waals surface area contributed by atoms with E-state index in [-0.39, 0.29) is 12.2 Å². The van der Waals surface area contributed by atoms with Gasteiger partial charge in [-0.3, -0.25) is 10.00 Å². The summed E-state index contributed by atoms with van der Waals surface area (Å²) in [5, 5.41) is 12.1. The van der Waals surface area contributed by atoms with E-state index in [1.54, 1.807) is 11.1 Å². The van der Waals surface area contributed by atoms with Crippen LogP contribution in [0.25, 0.3) is 22.3 Å². The van der Waals surface area contributed by atoms with E-state index in [0.29, 0.717) is 22.5 Å². The normalized spacial score (nSPS) is 16.4. The number of carbonyl (C=O) groups is 1. The second-order valence-corrected chi connectivity index (χ2v) is 7.79. The molecule has 146 valence electrons. The summed E-state index contributed by atoms with van der Waals surface area (Å²) in [6.07, 6.45) is 1.22. The van der Waals surface area contributed by atoms with Gasteiger partial charge in [0.2, 0.25) is 5.13 Å². The van der Waals surface area contributed by atoms with Crippen molar-refractivity contribution in [3.63, 3.8) is 0 Å². The number of halogens is 1. The van der Waals surface area contributed by atoms with E-state index < -0.39 is 0 Å². The number of anilines is 3. The van der Waals surface area contributed by atoms with Crippen molar-refractivity contribution < 1.29 is 9.53 Å². The van der Waals surface area contributed by atoms with E-state index in [1.165, 1.54) is 11.5 Å². The molecule has 0 radical (unpaired) electrons. The lowest BCUT2D eigenvalue weighted by Gasteiger charge is -2.13. The Labute approximate surface area is 174 Å². The second kappa shape index (κ2) is 7.02. The fraction of sp³-hybridized carbons (Fsp3) is 0.158. The van der Waals surface area contributed by atoms with Crippen molar-refractivity contribution in [2.45, 2.75) is 13.0 Å². The summed E-state index contributed by atoms with van der Waals surface area (Å²) in [4.78, 5) is 18.2. The third-order valence-electron chi connectivity index (χ3n) is 4.60. The number of aromatic nitrogens is 4. The van der Waals surface area contributed by atoms with Crippen LogP contribution >= 0.6 is 23.1 Å². The van der Waals surface area contributed by atoms with E-state index in [4.69, 9.17) is 16.3 Å². The first-order valence-corrected chi connectivity index (χ1v) is 10.0. The Hall–Kier alpha value is -3.17. The number of fused-ring (bicyclic) bond motifs is 1. The minimum atomic E-state index is -0.340. The molecule has 1 aliphatic heterocycles. The molecule has 0 saturated carbocycles. The maximum absolute atomic E-state index is 12.0. The summed E-state index contributed by atoms with van der Waals surface area (Å²) in [6, 6.07) is 11.3. The summed E-state index contributed by atoms with van der Waals surface area (Å²) < 4.78 is 9.65. The average Bonchev–Trinajstić information content (AvgIpc) is 3.44. The van der Waals surface area contributed by atoms with Crippen LogP contribution in [0.2, 0.25) is 5.02 Å². The van der Waals surface area contributed by atoms with Gasteiger partial charge in [-0.05, 0) is 31.2 Å². The summed E-state index contributed by atoms with van der Waals surface area (Å²) in [7, 11) is 0. The van der Waals surface area contributed by atoms with Crippen molar-refractivity contribution in [3.8, 4) is 11.4 Å². The van der Waals surface area contributed by atoms with Gasteiger partial charge in [0.05, 0.1) is 29.0 Å². The van der Waals surface area contributed by atoms with Crippen LogP contribution < -0.4 is 10.2 Å². The molecule has 1 saturated heterocycles. The Balaban J connectivity index is 1.40. The topological polar surface area (TPSA) is 96.0 Å². The lowest BCUT2D eigenvalue weighted by molar-refractivity contribution is 0.150. The van der Waals surface area contributed by atoms with E-state index in [1.807, 2.05) is 43.3 Å². The smallest absolute Gasteiger partial charge is 0.414 e. The molecule has 0 bridgehead atoms. The summed E-state index contributed by atoms with van der Waals surface area (Å²) in [5.41, 5.74) is 3.17. The third-order valence-corrected chi connectivity index (χ3v) is 5.64. The van der Waals surface area contributed by atoms with Gasteiger partial charge < -0.3 is 10.1 Å². The van der Waals surface area contributed by atoms with Crippen LogP contribution in [-0.4, -0.2) is 38.3 Å². The Morgan fingerprint density at radius 2 is 2.24 bits per heavy atom. The van der Waals surface area contributed by atoms with Crippen LogP contribution in [0.3, 0.4) is 0 Å². The van der Waals surface area contributed by atoms with Crippen molar-refractivity contribution in [3.05, 3.63) is 47.6 Å². The van der Waals surface area contributed by atoms with Crippen LogP contribution in [-0.2, 0) is 4.74 Å². The summed E-state index contributed by atoms with van der Waals surface area (Å²) >= 11 is 7.70. The number of nitrogens with one attached hydrogen (secondary N) is 2. The zero-order chi connectivity index (χ0) is 20.0. The number of aromatic amines is 1. The molecule has 3 heterocycles. The number of nitrogens with zero attached hydrogens (tertiary/aromatic N) is 4. The van der Waals surface area contributed by atoms with Gasteiger partial charge in [-0.15, -0.1) is 0 Å². The maximum Gasteiger partial charge on any atom is 0.414 e. The summed E-state index contributed by atoms with van der Waals surface area (Å²) in [6.45, 7) is 2.39. The van der Waals surface area contributed by atoms with Gasteiger partial charge in [0.15, 0.2) is 5.82 Å². The first-order chi connectivity index (χ1) is 14.1. The number of H-pyrrole nitrogens is 1. The molecule has 8 nitrogen and oxygen atoms in total. The number of hydrogen-bond donors (Lipinski definition) is 2. The largest absolute Gasteiger partial charge is 0.444 e. The molecule has 0 spiro atoms. The fourth-order valence-corrected chi connectivity index (χ4v) is 4.08. The Morgan fingerprint density at radius 1 is 1.34 bits per heavy atom. The molecular weight excluding hydrogens is 412 g/mol. The molecule has 1 amide bonds. The van der Waals surface area contributed by atoms with E-state index >= 15 is 0 Å². The minimum Gasteiger partial charge on any atom is -0.444 e. The maximum atomic E-state index is 12.0. The van der Waals surface area contributed by atoms with Gasteiger partial charge in [0.1, 0.15) is 6.10 Å². The van der Waals surface area contributed by atoms with E-state index in [9.17, 15) is 4.79 Å². The molecule has 0 unspecified atom stereocenters. The van der Waals surface area contributed by atoms with E-state index in [0.717, 1.165) is 27.8 Å². The Bertz CT molecular complexity index is 1220. The highest BCUT2D eigenvalue weighted by Gasteiger charge is 2.29. The monoisotopic (exact) mass is 426 g/mol. The Morgan fingerprint density at radius 3 is 3.07 bits per heavy atom. The third kappa shape index (κ3) is 3.28. The van der Waals surface area contributed by atoms with Crippen molar-refractivity contribution in [1.29, 1.82) is 0 Å². The number of rotatable bonds is 4. The zero-order valence-electron chi connectivity index (χ0n) is 15.2. The molecule has 2 aromatic heterocycles. The van der Waals surface area contributed by atoms with Gasteiger partial charge in [0, 0.05) is 28.2 Å². The minimum absolute atomic E-state index is 0.128. The molecule has 4 aromatic rings. The lowest BCUT2D eigenvalue weighted by atomic mass is 10.2. The van der Waals surface area contributed by atoms with Crippen LogP contribution in [0.4, 0.5) is 21.3 Å². The number of benzene rings is 2. The Kier molecular flexibility index (Phi) is 4.33. The van der Waals surface area contributed by atoms with Crippen molar-refractivity contribution in [2.75, 3.05) is 16.8 Å².